The van der Waals surface area contributed by atoms with Crippen molar-refractivity contribution in [3.05, 3.63) is 29.3 Å². The predicted octanol–water partition coefficient (Wildman–Crippen LogP) is 3.54. The lowest BCUT2D eigenvalue weighted by molar-refractivity contribution is -0.153. The van der Waals surface area contributed by atoms with E-state index >= 15 is 0 Å². The summed E-state index contributed by atoms with van der Waals surface area (Å²) in [6, 6.07) is 6.96. The van der Waals surface area contributed by atoms with Crippen molar-refractivity contribution >= 4 is 29.2 Å². The molecule has 0 radical (unpaired) electrons. The third-order valence-corrected chi connectivity index (χ3v) is 4.70. The summed E-state index contributed by atoms with van der Waals surface area (Å²) < 4.78 is 5.56. The molecule has 1 atom stereocenters. The van der Waals surface area contributed by atoms with Crippen LogP contribution in [-0.2, 0) is 14.3 Å². The van der Waals surface area contributed by atoms with Gasteiger partial charge in [0.2, 0.25) is 5.91 Å². The van der Waals surface area contributed by atoms with Crippen LogP contribution in [0.1, 0.15) is 38.5 Å². The van der Waals surface area contributed by atoms with Crippen molar-refractivity contribution < 1.29 is 14.3 Å². The number of hydrogen-bond acceptors (Lipinski definition) is 3. The fourth-order valence-corrected chi connectivity index (χ4v) is 3.51. The lowest BCUT2D eigenvalue weighted by atomic mass is 9.75. The third kappa shape index (κ3) is 2.91. The lowest BCUT2D eigenvalue weighted by Crippen LogP contribution is -2.43. The van der Waals surface area contributed by atoms with Crippen LogP contribution in [0.4, 0.5) is 5.69 Å². The molecule has 21 heavy (non-hydrogen) atoms. The van der Waals surface area contributed by atoms with E-state index in [1.54, 1.807) is 24.3 Å². The fraction of sp³-hybridized carbons (Fsp3) is 0.500. The number of hydrogen-bond donors (Lipinski definition) is 1. The van der Waals surface area contributed by atoms with Gasteiger partial charge in [-0.15, -0.1) is 0 Å². The summed E-state index contributed by atoms with van der Waals surface area (Å²) in [4.78, 5) is 24.3. The van der Waals surface area contributed by atoms with Crippen LogP contribution in [0.15, 0.2) is 24.3 Å². The normalized spacial score (nSPS) is 23.9. The molecule has 2 aliphatic rings. The topological polar surface area (TPSA) is 55.4 Å². The van der Waals surface area contributed by atoms with Gasteiger partial charge in [0.15, 0.2) is 0 Å². The maximum Gasteiger partial charge on any atom is 0.307 e. The molecule has 1 saturated carbocycles. The van der Waals surface area contributed by atoms with Crippen molar-refractivity contribution in [1.29, 1.82) is 0 Å². The number of carbonyl (C=O) groups is 2. The Balaban J connectivity index is 1.76. The van der Waals surface area contributed by atoms with E-state index in [1.165, 1.54) is 0 Å². The molecule has 1 spiro atoms. The Bertz CT molecular complexity index is 549. The summed E-state index contributed by atoms with van der Waals surface area (Å²) in [6.07, 6.45) is 4.93. The molecule has 1 aromatic rings. The van der Waals surface area contributed by atoms with Gasteiger partial charge in [-0.3, -0.25) is 9.59 Å². The molecular weight excluding hydrogens is 290 g/mol. The highest BCUT2D eigenvalue weighted by Crippen LogP contribution is 2.44. The summed E-state index contributed by atoms with van der Waals surface area (Å²) in [5.74, 6) is -0.779. The quantitative estimate of drug-likeness (QED) is 0.850. The van der Waals surface area contributed by atoms with Gasteiger partial charge in [0.25, 0.3) is 0 Å². The molecule has 2 fully saturated rings. The zero-order chi connectivity index (χ0) is 14.9. The number of halogens is 1. The summed E-state index contributed by atoms with van der Waals surface area (Å²) in [7, 11) is 0. The molecule has 3 rings (SSSR count). The zero-order valence-corrected chi connectivity index (χ0v) is 12.5. The highest BCUT2D eigenvalue weighted by Gasteiger charge is 2.52. The second-order valence-corrected chi connectivity index (χ2v) is 6.29. The van der Waals surface area contributed by atoms with E-state index in [2.05, 4.69) is 5.32 Å². The molecule has 4 nitrogen and oxygen atoms in total. The van der Waals surface area contributed by atoms with Gasteiger partial charge in [-0.05, 0) is 49.9 Å². The van der Waals surface area contributed by atoms with Gasteiger partial charge in [-0.25, -0.2) is 0 Å². The van der Waals surface area contributed by atoms with E-state index < -0.39 is 5.60 Å². The van der Waals surface area contributed by atoms with Crippen molar-refractivity contribution in [2.75, 3.05) is 5.32 Å². The predicted molar refractivity (Wildman–Crippen MR) is 80.1 cm³/mol. The monoisotopic (exact) mass is 307 g/mol. The van der Waals surface area contributed by atoms with Crippen LogP contribution in [0.3, 0.4) is 0 Å². The lowest BCUT2D eigenvalue weighted by Gasteiger charge is -2.36. The molecule has 1 unspecified atom stereocenters. The molecule has 1 N–H and O–H groups in total. The molecule has 1 heterocycles. The Morgan fingerprint density at radius 1 is 1.19 bits per heavy atom. The number of rotatable bonds is 2. The Hall–Kier alpha value is -1.55. The summed E-state index contributed by atoms with van der Waals surface area (Å²) in [5, 5.41) is 3.49. The maximum absolute atomic E-state index is 12.5. The first-order chi connectivity index (χ1) is 10.1. The van der Waals surface area contributed by atoms with E-state index in [9.17, 15) is 9.59 Å². The number of amides is 1. The van der Waals surface area contributed by atoms with Gasteiger partial charge in [-0.1, -0.05) is 18.0 Å². The van der Waals surface area contributed by atoms with Crippen molar-refractivity contribution in [2.24, 2.45) is 5.92 Å². The van der Waals surface area contributed by atoms with Crippen molar-refractivity contribution in [3.63, 3.8) is 0 Å². The first kappa shape index (κ1) is 14.4. The number of anilines is 1. The molecule has 1 aliphatic carbocycles. The van der Waals surface area contributed by atoms with Gasteiger partial charge in [0.1, 0.15) is 5.60 Å². The van der Waals surface area contributed by atoms with E-state index in [4.69, 9.17) is 16.3 Å². The number of nitrogens with one attached hydrogen (secondary N) is 1. The second kappa shape index (κ2) is 5.68. The molecule has 5 heteroatoms. The Morgan fingerprint density at radius 2 is 1.86 bits per heavy atom. The summed E-state index contributed by atoms with van der Waals surface area (Å²) >= 11 is 5.83. The van der Waals surface area contributed by atoms with E-state index in [1.807, 2.05) is 0 Å². The number of esters is 1. The van der Waals surface area contributed by atoms with Crippen molar-refractivity contribution in [1.82, 2.24) is 0 Å². The van der Waals surface area contributed by atoms with Crippen LogP contribution < -0.4 is 5.32 Å². The molecule has 1 aliphatic heterocycles. The fourth-order valence-electron chi connectivity index (χ4n) is 3.39. The molecule has 1 saturated heterocycles. The average molecular weight is 308 g/mol. The van der Waals surface area contributed by atoms with Gasteiger partial charge < -0.3 is 10.1 Å². The average Bonchev–Trinajstić information content (AvgIpc) is 2.78. The van der Waals surface area contributed by atoms with Gasteiger partial charge in [0.05, 0.1) is 12.3 Å². The molecule has 0 aromatic heterocycles. The van der Waals surface area contributed by atoms with E-state index in [-0.39, 0.29) is 24.2 Å². The third-order valence-electron chi connectivity index (χ3n) is 4.45. The number of carbonyl (C=O) groups excluding carboxylic acids is 2. The Labute approximate surface area is 128 Å². The first-order valence-electron chi connectivity index (χ1n) is 7.37. The van der Waals surface area contributed by atoms with Gasteiger partial charge >= 0.3 is 5.97 Å². The SMILES string of the molecule is O=C1CC(C(=O)Nc2ccc(Cl)cc2)C2(CCCCC2)O1. The molecule has 1 aromatic carbocycles. The standard InChI is InChI=1S/C16H18ClNO3/c17-11-4-6-12(7-5-11)18-15(20)13-10-14(19)21-16(13)8-2-1-3-9-16/h4-7,13H,1-3,8-10H2,(H,18,20). The highest BCUT2D eigenvalue weighted by molar-refractivity contribution is 6.30. The van der Waals surface area contributed by atoms with Crippen LogP contribution in [0.5, 0.6) is 0 Å². The number of benzene rings is 1. The summed E-state index contributed by atoms with van der Waals surface area (Å²) in [6.45, 7) is 0. The van der Waals surface area contributed by atoms with Crippen molar-refractivity contribution in [2.45, 2.75) is 44.1 Å². The summed E-state index contributed by atoms with van der Waals surface area (Å²) in [5.41, 5.74) is 0.112. The van der Waals surface area contributed by atoms with Crippen LogP contribution in [0.25, 0.3) is 0 Å². The zero-order valence-electron chi connectivity index (χ0n) is 11.7. The molecule has 112 valence electrons. The Kier molecular flexibility index (Phi) is 3.89. The first-order valence-corrected chi connectivity index (χ1v) is 7.75. The molecular formula is C16H18ClNO3. The van der Waals surface area contributed by atoms with Gasteiger partial charge in [-0.2, -0.15) is 0 Å². The van der Waals surface area contributed by atoms with E-state index in [0.29, 0.717) is 10.7 Å². The largest absolute Gasteiger partial charge is 0.458 e. The number of ether oxygens (including phenoxy) is 1. The van der Waals surface area contributed by atoms with Crippen LogP contribution >= 0.6 is 11.6 Å². The second-order valence-electron chi connectivity index (χ2n) is 5.85. The minimum Gasteiger partial charge on any atom is -0.458 e. The van der Waals surface area contributed by atoms with Crippen LogP contribution in [0.2, 0.25) is 5.02 Å². The molecule has 0 bridgehead atoms. The minimum atomic E-state index is -0.578. The van der Waals surface area contributed by atoms with E-state index in [0.717, 1.165) is 32.1 Å². The minimum absolute atomic E-state index is 0.134. The van der Waals surface area contributed by atoms with Crippen LogP contribution in [0, 0.1) is 5.92 Å². The maximum atomic E-state index is 12.5. The van der Waals surface area contributed by atoms with Crippen LogP contribution in [-0.4, -0.2) is 17.5 Å². The van der Waals surface area contributed by atoms with Gasteiger partial charge in [0, 0.05) is 10.7 Å². The van der Waals surface area contributed by atoms with Crippen molar-refractivity contribution in [3.8, 4) is 0 Å². The highest BCUT2D eigenvalue weighted by atomic mass is 35.5. The molecule has 1 amide bonds. The Morgan fingerprint density at radius 3 is 2.52 bits per heavy atom. The smallest absolute Gasteiger partial charge is 0.307 e.